The number of rotatable bonds is 7. The number of aromatic nitrogens is 4. The van der Waals surface area contributed by atoms with E-state index in [2.05, 4.69) is 30.6 Å². The van der Waals surface area contributed by atoms with Gasteiger partial charge in [0, 0.05) is 31.0 Å². The first-order valence-electron chi connectivity index (χ1n) is 9.56. The molecular formula is C20H23N7OS. The van der Waals surface area contributed by atoms with Gasteiger partial charge in [0.25, 0.3) is 0 Å². The summed E-state index contributed by atoms with van der Waals surface area (Å²) in [6.45, 7) is 5.78. The van der Waals surface area contributed by atoms with E-state index in [1.54, 1.807) is 6.20 Å². The van der Waals surface area contributed by atoms with Gasteiger partial charge < -0.3 is 10.6 Å². The van der Waals surface area contributed by atoms with Crippen molar-refractivity contribution in [2.45, 2.75) is 31.2 Å². The van der Waals surface area contributed by atoms with Crippen LogP contribution in [0.2, 0.25) is 0 Å². The highest BCUT2D eigenvalue weighted by Gasteiger charge is 2.21. The number of nitrogens with one attached hydrogen (secondary N) is 2. The Hall–Kier alpha value is -2.91. The molecule has 1 aliphatic rings. The number of nitrogens with zero attached hydrogens (tertiary/aromatic N) is 5. The monoisotopic (exact) mass is 409 g/mol. The van der Waals surface area contributed by atoms with Crippen molar-refractivity contribution < 1.29 is 4.21 Å². The van der Waals surface area contributed by atoms with Gasteiger partial charge in [0.1, 0.15) is 16.7 Å². The van der Waals surface area contributed by atoms with Crippen LogP contribution in [0.25, 0.3) is 11.5 Å². The van der Waals surface area contributed by atoms with Crippen LogP contribution in [0.1, 0.15) is 20.3 Å². The van der Waals surface area contributed by atoms with Crippen LogP contribution in [0.4, 0.5) is 17.6 Å². The molecular weight excluding hydrogens is 386 g/mol. The molecule has 0 amide bonds. The second-order valence-electron chi connectivity index (χ2n) is 7.00. The molecule has 3 heterocycles. The lowest BCUT2D eigenvalue weighted by Crippen LogP contribution is -2.38. The van der Waals surface area contributed by atoms with Gasteiger partial charge >= 0.3 is 0 Å². The molecule has 1 unspecified atom stereocenters. The molecule has 1 aliphatic heterocycles. The van der Waals surface area contributed by atoms with Crippen LogP contribution in [-0.2, 0) is 11.0 Å². The SMILES string of the molecule is CC(C)Nc1nc(Nc2cccc(S(=O)N3CCC3)c2)nc(-c2ccccn2)n1. The Balaban J connectivity index is 1.63. The summed E-state index contributed by atoms with van der Waals surface area (Å²) >= 11 is 0. The predicted octanol–water partition coefficient (Wildman–Crippen LogP) is 3.23. The van der Waals surface area contributed by atoms with Gasteiger partial charge in [0.05, 0.1) is 4.90 Å². The maximum Gasteiger partial charge on any atom is 0.232 e. The maximum absolute atomic E-state index is 12.6. The van der Waals surface area contributed by atoms with E-state index >= 15 is 0 Å². The Kier molecular flexibility index (Phi) is 5.77. The Morgan fingerprint density at radius 3 is 2.55 bits per heavy atom. The third-order valence-corrected chi connectivity index (χ3v) is 5.78. The van der Waals surface area contributed by atoms with Gasteiger partial charge in [-0.1, -0.05) is 12.1 Å². The molecule has 1 aromatic carbocycles. The van der Waals surface area contributed by atoms with Gasteiger partial charge in [-0.3, -0.25) is 4.98 Å². The smallest absolute Gasteiger partial charge is 0.232 e. The fourth-order valence-electron chi connectivity index (χ4n) is 2.78. The third-order valence-electron chi connectivity index (χ3n) is 4.29. The topological polar surface area (TPSA) is 95.9 Å². The summed E-state index contributed by atoms with van der Waals surface area (Å²) in [6, 6.07) is 13.3. The zero-order valence-corrected chi connectivity index (χ0v) is 17.2. The fraction of sp³-hybridized carbons (Fsp3) is 0.300. The van der Waals surface area contributed by atoms with Gasteiger partial charge in [0.15, 0.2) is 5.82 Å². The number of hydrogen-bond donors (Lipinski definition) is 2. The molecule has 2 aromatic heterocycles. The summed E-state index contributed by atoms with van der Waals surface area (Å²) in [4.78, 5) is 18.6. The summed E-state index contributed by atoms with van der Waals surface area (Å²) in [5.74, 6) is 1.35. The van der Waals surface area contributed by atoms with Crippen molar-refractivity contribution in [1.29, 1.82) is 0 Å². The molecule has 0 aliphatic carbocycles. The molecule has 0 saturated carbocycles. The minimum atomic E-state index is -1.14. The van der Waals surface area contributed by atoms with Gasteiger partial charge in [-0.25, -0.2) is 8.51 Å². The Bertz CT molecular complexity index is 1010. The lowest BCUT2D eigenvalue weighted by atomic mass is 10.3. The molecule has 0 radical (unpaired) electrons. The molecule has 1 atom stereocenters. The summed E-state index contributed by atoms with van der Waals surface area (Å²) in [5.41, 5.74) is 1.43. The van der Waals surface area contributed by atoms with E-state index in [0.29, 0.717) is 23.4 Å². The van der Waals surface area contributed by atoms with E-state index in [9.17, 15) is 4.21 Å². The molecule has 1 saturated heterocycles. The van der Waals surface area contributed by atoms with Crippen LogP contribution in [-0.4, -0.2) is 47.6 Å². The summed E-state index contributed by atoms with van der Waals surface area (Å²) in [5, 5.41) is 6.43. The van der Waals surface area contributed by atoms with Gasteiger partial charge in [-0.05, 0) is 50.6 Å². The molecule has 9 heteroatoms. The quantitative estimate of drug-likeness (QED) is 0.618. The molecule has 150 valence electrons. The number of hydrogen-bond acceptors (Lipinski definition) is 7. The van der Waals surface area contributed by atoms with Crippen LogP contribution < -0.4 is 10.6 Å². The van der Waals surface area contributed by atoms with Crippen molar-refractivity contribution in [1.82, 2.24) is 24.2 Å². The van der Waals surface area contributed by atoms with Crippen LogP contribution in [0.5, 0.6) is 0 Å². The molecule has 8 nitrogen and oxygen atoms in total. The van der Waals surface area contributed by atoms with Crippen LogP contribution >= 0.6 is 0 Å². The normalized spacial score (nSPS) is 15.0. The van der Waals surface area contributed by atoms with Crippen LogP contribution in [0.3, 0.4) is 0 Å². The maximum atomic E-state index is 12.6. The summed E-state index contributed by atoms with van der Waals surface area (Å²) in [7, 11) is -1.14. The fourth-order valence-corrected chi connectivity index (χ4v) is 4.09. The average molecular weight is 410 g/mol. The largest absolute Gasteiger partial charge is 0.352 e. The Morgan fingerprint density at radius 2 is 1.86 bits per heavy atom. The number of benzene rings is 1. The molecule has 0 spiro atoms. The Morgan fingerprint density at radius 1 is 1.03 bits per heavy atom. The van der Waals surface area contributed by atoms with Gasteiger partial charge in [-0.15, -0.1) is 0 Å². The first-order chi connectivity index (χ1) is 14.1. The molecule has 4 rings (SSSR count). The van der Waals surface area contributed by atoms with Gasteiger partial charge in [0.2, 0.25) is 11.9 Å². The molecule has 3 aromatic rings. The van der Waals surface area contributed by atoms with Crippen molar-refractivity contribution in [3.05, 3.63) is 48.7 Å². The van der Waals surface area contributed by atoms with E-state index < -0.39 is 11.0 Å². The highest BCUT2D eigenvalue weighted by Crippen LogP contribution is 2.23. The minimum absolute atomic E-state index is 0.170. The van der Waals surface area contributed by atoms with E-state index in [0.717, 1.165) is 30.1 Å². The van der Waals surface area contributed by atoms with E-state index in [-0.39, 0.29) is 6.04 Å². The van der Waals surface area contributed by atoms with Crippen molar-refractivity contribution in [2.75, 3.05) is 23.7 Å². The molecule has 29 heavy (non-hydrogen) atoms. The van der Waals surface area contributed by atoms with Crippen molar-refractivity contribution in [3.8, 4) is 11.5 Å². The second kappa shape index (κ2) is 8.62. The van der Waals surface area contributed by atoms with Crippen LogP contribution in [0.15, 0.2) is 53.6 Å². The highest BCUT2D eigenvalue weighted by atomic mass is 32.2. The van der Waals surface area contributed by atoms with E-state index in [4.69, 9.17) is 0 Å². The number of anilines is 3. The zero-order valence-electron chi connectivity index (χ0n) is 16.4. The first kappa shape index (κ1) is 19.4. The summed E-state index contributed by atoms with van der Waals surface area (Å²) in [6.07, 6.45) is 2.80. The number of pyridine rings is 1. The molecule has 2 N–H and O–H groups in total. The second-order valence-corrected chi connectivity index (χ2v) is 8.49. The third kappa shape index (κ3) is 4.75. The lowest BCUT2D eigenvalue weighted by molar-refractivity contribution is 0.328. The van der Waals surface area contributed by atoms with Crippen LogP contribution in [0, 0.1) is 0 Å². The average Bonchev–Trinajstić information content (AvgIpc) is 2.67. The van der Waals surface area contributed by atoms with E-state index in [1.165, 1.54) is 0 Å². The molecule has 0 bridgehead atoms. The molecule has 1 fully saturated rings. The standard InChI is InChI=1S/C20H23N7OS/c1-14(2)22-19-24-18(17-9-3-4-10-21-17)25-20(26-19)23-15-7-5-8-16(13-15)29(28)27-11-6-12-27/h3-5,7-10,13-14H,6,11-12H2,1-2H3,(H2,22,23,24,25,26). The minimum Gasteiger partial charge on any atom is -0.352 e. The zero-order chi connectivity index (χ0) is 20.2. The van der Waals surface area contributed by atoms with Crippen molar-refractivity contribution in [3.63, 3.8) is 0 Å². The van der Waals surface area contributed by atoms with Gasteiger partial charge in [-0.2, -0.15) is 15.0 Å². The first-order valence-corrected chi connectivity index (χ1v) is 10.7. The predicted molar refractivity (Wildman–Crippen MR) is 114 cm³/mol. The lowest BCUT2D eigenvalue weighted by Gasteiger charge is -2.29. The van der Waals surface area contributed by atoms with Crippen molar-refractivity contribution in [2.24, 2.45) is 0 Å². The summed E-state index contributed by atoms with van der Waals surface area (Å²) < 4.78 is 14.5. The van der Waals surface area contributed by atoms with E-state index in [1.807, 2.05) is 60.6 Å². The van der Waals surface area contributed by atoms with Crippen molar-refractivity contribution >= 4 is 28.6 Å². The highest BCUT2D eigenvalue weighted by molar-refractivity contribution is 7.82. The Labute approximate surface area is 172 Å².